The Morgan fingerprint density at radius 1 is 0.357 bits per heavy atom. The van der Waals surface area contributed by atoms with Crippen molar-refractivity contribution in [2.24, 2.45) is 0 Å². The SMILES string of the molecule is C=CC.C=Cc1ccnc(C)n1.CS(=O)(=O)c1nccc(CCCCCc2cccc(F)c2)n1.CSc1nccc(CCCCCc2cccc(F)c2)n1.CSc1nccc(CCCCCc2cccc(F)c2)n1.CSc1nccc(Cl)n1.Fc1cccc(CCCCCc2ccnc(-n3ccnc3)n2)c1.Fc1cccc(CCCCCc2ccnc(-n3ccnc3)n2)c1. The lowest BCUT2D eigenvalue weighted by Crippen LogP contribution is -2.05. The van der Waals surface area contributed by atoms with Crippen LogP contribution in [0.4, 0.5) is 22.0 Å². The first-order valence-electron chi connectivity index (χ1n) is 42.8. The Kier molecular flexibility index (Phi) is 50.1. The van der Waals surface area contributed by atoms with Crippen LogP contribution in [0, 0.1) is 36.0 Å². The number of aromatic nitrogens is 18. The largest absolute Gasteiger partial charge is 0.274 e. The van der Waals surface area contributed by atoms with Gasteiger partial charge in [-0.05, 0) is 298 Å². The van der Waals surface area contributed by atoms with Crippen molar-refractivity contribution in [1.29, 1.82) is 0 Å². The topological polar surface area (TPSA) is 250 Å². The third-order valence-corrected chi connectivity index (χ3v) is 21.6. The standard InChI is InChI=1S/2C18H19FN4.C16H19FN2O2S.2C16H19FN2S.C7H8N2.C5H5ClN2S.C3H6/c2*19-16-7-4-6-15(13-16)5-2-1-3-8-17-9-10-21-18(22-17)23-12-11-20-14-23;1-22(20,21)16-18-11-10-15(19-16)9-4-2-3-6-13-7-5-8-14(17)12-13;2*1-20-16-18-11-10-15(19-16)9-4-2-3-6-13-7-5-8-14(17)12-13;1-3-7-4-5-8-6(2)9-7;1-9-5-7-3-2-4(6)8-5;1-3-2/h2*4,6-7,9-14H,1-3,5,8H2;5,7-8,10-12H,2-4,6,9H2,1H3;2*5,7-8,10-12H,2-4,6,9H2,1H3;3-5H,1H2,2H3;2-3H,1H3;3H,1H2,2H3. The summed E-state index contributed by atoms with van der Waals surface area (Å²) >= 11 is 10.2. The Labute approximate surface area is 774 Å². The molecule has 0 aliphatic heterocycles. The van der Waals surface area contributed by atoms with Crippen LogP contribution in [0.1, 0.15) is 171 Å². The molecule has 0 N–H and O–H groups in total. The van der Waals surface area contributed by atoms with Crippen LogP contribution in [-0.4, -0.2) is 122 Å². The van der Waals surface area contributed by atoms with E-state index in [4.69, 9.17) is 11.6 Å². The van der Waals surface area contributed by atoms with Crippen LogP contribution in [0.2, 0.25) is 5.15 Å². The Balaban J connectivity index is 0.000000209. The first-order valence-corrected chi connectivity index (χ1v) is 48.7. The minimum atomic E-state index is -3.36. The number of benzene rings is 5. The maximum absolute atomic E-state index is 13.1. The quantitative estimate of drug-likeness (QED) is 0.00876. The van der Waals surface area contributed by atoms with Crippen LogP contribution in [0.5, 0.6) is 0 Å². The van der Waals surface area contributed by atoms with Gasteiger partial charge in [0.1, 0.15) is 52.7 Å². The Morgan fingerprint density at radius 3 is 0.930 bits per heavy atom. The lowest BCUT2D eigenvalue weighted by molar-refractivity contribution is 0.590. The van der Waals surface area contributed by atoms with Gasteiger partial charge in [0.05, 0.1) is 5.69 Å². The van der Waals surface area contributed by atoms with E-state index in [1.54, 1.807) is 167 Å². The zero-order chi connectivity index (χ0) is 92.3. The molecule has 0 spiro atoms. The minimum Gasteiger partial charge on any atom is -0.274 e. The van der Waals surface area contributed by atoms with Crippen molar-refractivity contribution in [2.45, 2.75) is 195 Å². The fraction of sp³-hybridized carbons (Fsp3) is 0.313. The van der Waals surface area contributed by atoms with Crippen molar-refractivity contribution in [2.75, 3.05) is 25.0 Å². The Bertz CT molecular complexity index is 5410. The first-order chi connectivity index (χ1) is 62.7. The maximum Gasteiger partial charge on any atom is 0.246 e. The fourth-order valence-electron chi connectivity index (χ4n) is 12.5. The number of rotatable bonds is 37. The molecule has 129 heavy (non-hydrogen) atoms. The second kappa shape index (κ2) is 61.9. The summed E-state index contributed by atoms with van der Waals surface area (Å²) in [7, 11) is -3.36. The molecular weight excluding hydrogens is 1730 g/mol. The molecule has 30 heteroatoms. The summed E-state index contributed by atoms with van der Waals surface area (Å²) < 4.78 is 91.6. The number of aryl methyl sites for hydroxylation is 11. The molecule has 0 atom stereocenters. The number of hydrogen-bond donors (Lipinski definition) is 0. The van der Waals surface area contributed by atoms with Crippen molar-refractivity contribution in [3.05, 3.63) is 366 Å². The summed E-state index contributed by atoms with van der Waals surface area (Å²) in [5.41, 5.74) is 11.2. The normalized spacial score (nSPS) is 10.5. The molecular formula is C99H114ClF5N18O2S4. The van der Waals surface area contributed by atoms with Crippen LogP contribution in [0.25, 0.3) is 18.0 Å². The van der Waals surface area contributed by atoms with Gasteiger partial charge >= 0.3 is 0 Å². The van der Waals surface area contributed by atoms with Crippen molar-refractivity contribution in [3.63, 3.8) is 0 Å². The van der Waals surface area contributed by atoms with Gasteiger partial charge < -0.3 is 0 Å². The maximum atomic E-state index is 13.1. The first kappa shape index (κ1) is 105. The molecule has 14 aromatic rings. The predicted molar refractivity (Wildman–Crippen MR) is 511 cm³/mol. The fourth-order valence-corrected chi connectivity index (χ4v) is 14.3. The number of halogens is 6. The van der Waals surface area contributed by atoms with Crippen LogP contribution < -0.4 is 0 Å². The Morgan fingerprint density at radius 2 is 0.651 bits per heavy atom. The predicted octanol–water partition coefficient (Wildman–Crippen LogP) is 23.5. The number of nitrogens with zero attached hydrogens (tertiary/aromatic N) is 18. The van der Waals surface area contributed by atoms with E-state index >= 15 is 0 Å². The van der Waals surface area contributed by atoms with Gasteiger partial charge in [0.25, 0.3) is 0 Å². The lowest BCUT2D eigenvalue weighted by atomic mass is 10.1. The molecule has 0 fully saturated rings. The van der Waals surface area contributed by atoms with Gasteiger partial charge in [-0.3, -0.25) is 9.13 Å². The highest BCUT2D eigenvalue weighted by atomic mass is 35.5. The highest BCUT2D eigenvalue weighted by molar-refractivity contribution is 7.98. The van der Waals surface area contributed by atoms with Gasteiger partial charge in [-0.15, -0.1) is 6.58 Å². The highest BCUT2D eigenvalue weighted by Gasteiger charge is 2.13. The molecule has 0 aliphatic carbocycles. The van der Waals surface area contributed by atoms with Gasteiger partial charge in [-0.25, -0.2) is 110 Å². The second-order valence-corrected chi connectivity index (χ2v) is 33.9. The van der Waals surface area contributed by atoms with Gasteiger partial charge in [0.2, 0.25) is 26.9 Å². The van der Waals surface area contributed by atoms with Crippen molar-refractivity contribution in [3.8, 4) is 11.9 Å². The highest BCUT2D eigenvalue weighted by Crippen LogP contribution is 2.20. The second-order valence-electron chi connectivity index (χ2n) is 29.3. The molecule has 0 saturated carbocycles. The number of unbranched alkanes of at least 4 members (excludes halogenated alkanes) is 10. The average Bonchev–Trinajstić information content (AvgIpc) is 0.979. The average molecular weight is 1850 g/mol. The molecule has 5 aromatic carbocycles. The molecule has 0 aliphatic rings. The van der Waals surface area contributed by atoms with E-state index in [-0.39, 0.29) is 34.2 Å². The van der Waals surface area contributed by atoms with E-state index in [2.05, 4.69) is 92.9 Å². The molecule has 678 valence electrons. The molecule has 0 saturated heterocycles. The Hall–Kier alpha value is -11.5. The van der Waals surface area contributed by atoms with Crippen LogP contribution in [0.3, 0.4) is 0 Å². The molecule has 14 rings (SSSR count). The molecule has 9 heterocycles. The third-order valence-electron chi connectivity index (χ3n) is 18.9. The lowest BCUT2D eigenvalue weighted by Gasteiger charge is -2.05. The van der Waals surface area contributed by atoms with E-state index < -0.39 is 9.84 Å². The number of hydrogen-bond acceptors (Lipinski definition) is 21. The molecule has 9 aromatic heterocycles. The monoisotopic (exact) mass is 1840 g/mol. The molecule has 20 nitrogen and oxygen atoms in total. The van der Waals surface area contributed by atoms with E-state index in [1.165, 1.54) is 48.3 Å². The van der Waals surface area contributed by atoms with Crippen molar-refractivity contribution >= 4 is 62.8 Å². The van der Waals surface area contributed by atoms with Crippen molar-refractivity contribution < 1.29 is 30.4 Å². The smallest absolute Gasteiger partial charge is 0.246 e. The summed E-state index contributed by atoms with van der Waals surface area (Å²) in [6.07, 6.45) is 58.0. The zero-order valence-electron chi connectivity index (χ0n) is 74.1. The third kappa shape index (κ3) is 44.9. The van der Waals surface area contributed by atoms with Crippen LogP contribution in [-0.2, 0) is 74.0 Å². The zero-order valence-corrected chi connectivity index (χ0v) is 78.1. The number of sulfone groups is 1. The van der Waals surface area contributed by atoms with Gasteiger partial charge in [-0.1, -0.05) is 152 Å². The molecule has 0 amide bonds. The van der Waals surface area contributed by atoms with Gasteiger partial charge in [0.15, 0.2) is 15.5 Å². The number of imidazole rings is 2. The van der Waals surface area contributed by atoms with Crippen molar-refractivity contribution in [1.82, 2.24) is 88.9 Å². The van der Waals surface area contributed by atoms with E-state index in [0.717, 1.165) is 238 Å². The summed E-state index contributed by atoms with van der Waals surface area (Å²) in [4.78, 5) is 66.5. The summed E-state index contributed by atoms with van der Waals surface area (Å²) in [6, 6.07) is 47.1. The summed E-state index contributed by atoms with van der Waals surface area (Å²) in [5.74, 6) is 1.28. The number of allylic oxidation sites excluding steroid dienone is 1. The summed E-state index contributed by atoms with van der Waals surface area (Å²) in [6.45, 7) is 10.7. The van der Waals surface area contributed by atoms with Crippen LogP contribution >= 0.6 is 46.9 Å². The number of thioether (sulfide) groups is 3. The minimum absolute atomic E-state index is 0.121. The van der Waals surface area contributed by atoms with Crippen LogP contribution in [0.15, 0.2) is 284 Å². The summed E-state index contributed by atoms with van der Waals surface area (Å²) in [5, 5.41) is 2.76. The van der Waals surface area contributed by atoms with E-state index in [9.17, 15) is 30.4 Å². The van der Waals surface area contributed by atoms with E-state index in [0.29, 0.717) is 28.6 Å². The molecule has 0 unspecified atom stereocenters. The van der Waals surface area contributed by atoms with E-state index in [1.807, 2.05) is 118 Å². The van der Waals surface area contributed by atoms with Gasteiger partial charge in [0, 0.05) is 103 Å². The van der Waals surface area contributed by atoms with Gasteiger partial charge in [-0.2, -0.15) is 0 Å². The molecule has 0 bridgehead atoms. The molecule has 0 radical (unpaired) electrons.